The van der Waals surface area contributed by atoms with Gasteiger partial charge >= 0.3 is 0 Å². The van der Waals surface area contributed by atoms with Gasteiger partial charge in [0, 0.05) is 29.5 Å². The van der Waals surface area contributed by atoms with Gasteiger partial charge in [0.2, 0.25) is 0 Å². The molecule has 2 heterocycles. The molecule has 0 aliphatic carbocycles. The van der Waals surface area contributed by atoms with E-state index >= 15 is 0 Å². The monoisotopic (exact) mass is 299 g/mol. The predicted octanol–water partition coefficient (Wildman–Crippen LogP) is 3.81. The van der Waals surface area contributed by atoms with Gasteiger partial charge in [0.15, 0.2) is 5.82 Å². The minimum atomic E-state index is 0.184. The van der Waals surface area contributed by atoms with E-state index in [4.69, 9.17) is 9.72 Å². The highest BCUT2D eigenvalue weighted by molar-refractivity contribution is 7.08. The van der Waals surface area contributed by atoms with E-state index in [0.717, 1.165) is 28.1 Å². The lowest BCUT2D eigenvalue weighted by molar-refractivity contribution is 0.190. The molecule has 0 aliphatic heterocycles. The largest absolute Gasteiger partial charge is 0.383 e. The first-order chi connectivity index (χ1) is 10.3. The molecule has 0 aliphatic rings. The number of anilines is 1. The summed E-state index contributed by atoms with van der Waals surface area (Å²) in [6.45, 7) is 2.71. The third-order valence-corrected chi connectivity index (χ3v) is 3.87. The molecule has 5 heteroatoms. The van der Waals surface area contributed by atoms with Crippen LogP contribution >= 0.6 is 11.3 Å². The Balaban J connectivity index is 2.07. The van der Waals surface area contributed by atoms with E-state index in [2.05, 4.69) is 22.6 Å². The molecule has 0 unspecified atom stereocenters. The van der Waals surface area contributed by atoms with Gasteiger partial charge in [0.05, 0.1) is 12.1 Å². The number of aromatic nitrogens is 2. The van der Waals surface area contributed by atoms with Crippen molar-refractivity contribution in [3.8, 4) is 11.4 Å². The van der Waals surface area contributed by atoms with E-state index in [1.54, 1.807) is 18.4 Å². The maximum atomic E-state index is 5.19. The number of nitrogens with zero attached hydrogens (tertiary/aromatic N) is 2. The molecule has 3 rings (SSSR count). The lowest BCUT2D eigenvalue weighted by atomic mass is 10.2. The highest BCUT2D eigenvalue weighted by atomic mass is 32.1. The first kappa shape index (κ1) is 14.0. The average molecular weight is 299 g/mol. The van der Waals surface area contributed by atoms with Crippen LogP contribution in [-0.4, -0.2) is 29.7 Å². The molecule has 0 amide bonds. The van der Waals surface area contributed by atoms with Crippen molar-refractivity contribution in [2.75, 3.05) is 19.0 Å². The summed E-state index contributed by atoms with van der Waals surface area (Å²) in [7, 11) is 1.70. The van der Waals surface area contributed by atoms with Gasteiger partial charge in [-0.25, -0.2) is 9.97 Å². The Morgan fingerprint density at radius 1 is 1.24 bits per heavy atom. The van der Waals surface area contributed by atoms with Crippen LogP contribution in [0.5, 0.6) is 0 Å². The quantitative estimate of drug-likeness (QED) is 0.778. The summed E-state index contributed by atoms with van der Waals surface area (Å²) >= 11 is 1.65. The van der Waals surface area contributed by atoms with Gasteiger partial charge in [-0.2, -0.15) is 11.3 Å². The minimum absolute atomic E-state index is 0.184. The van der Waals surface area contributed by atoms with Crippen LogP contribution in [0.3, 0.4) is 0 Å². The number of hydrogen-bond acceptors (Lipinski definition) is 5. The Morgan fingerprint density at radius 3 is 2.86 bits per heavy atom. The van der Waals surface area contributed by atoms with Gasteiger partial charge in [0.25, 0.3) is 0 Å². The zero-order chi connectivity index (χ0) is 14.7. The van der Waals surface area contributed by atoms with Crippen LogP contribution in [0, 0.1) is 0 Å². The van der Waals surface area contributed by atoms with Crippen molar-refractivity contribution in [1.29, 1.82) is 0 Å². The van der Waals surface area contributed by atoms with E-state index in [-0.39, 0.29) is 6.04 Å². The smallest absolute Gasteiger partial charge is 0.162 e. The van der Waals surface area contributed by atoms with E-state index in [0.29, 0.717) is 6.61 Å². The van der Waals surface area contributed by atoms with Gasteiger partial charge in [-0.3, -0.25) is 0 Å². The van der Waals surface area contributed by atoms with Gasteiger partial charge in [-0.05, 0) is 30.5 Å². The number of methoxy groups -OCH3 is 1. The SMILES string of the molecule is COC[C@@H](C)Nc1nc(-c2ccsc2)nc2ccccc12. The molecule has 0 saturated heterocycles. The molecule has 0 spiro atoms. The van der Waals surface area contributed by atoms with Crippen LogP contribution in [-0.2, 0) is 4.74 Å². The van der Waals surface area contributed by atoms with Gasteiger partial charge in [-0.15, -0.1) is 0 Å². The first-order valence-corrected chi connectivity index (χ1v) is 7.77. The molecule has 108 valence electrons. The zero-order valence-electron chi connectivity index (χ0n) is 12.0. The van der Waals surface area contributed by atoms with Gasteiger partial charge in [-0.1, -0.05) is 12.1 Å². The number of fused-ring (bicyclic) bond motifs is 1. The molecule has 3 aromatic rings. The van der Waals surface area contributed by atoms with E-state index in [9.17, 15) is 0 Å². The second-order valence-electron chi connectivity index (χ2n) is 4.93. The summed E-state index contributed by atoms with van der Waals surface area (Å²) in [6.07, 6.45) is 0. The Morgan fingerprint density at radius 2 is 2.10 bits per heavy atom. The molecule has 1 N–H and O–H groups in total. The molecule has 1 aromatic carbocycles. The van der Waals surface area contributed by atoms with Crippen molar-refractivity contribution in [3.63, 3.8) is 0 Å². The Kier molecular flexibility index (Phi) is 4.13. The summed E-state index contributed by atoms with van der Waals surface area (Å²) in [5.41, 5.74) is 1.99. The molecule has 0 saturated carbocycles. The van der Waals surface area contributed by atoms with E-state index < -0.39 is 0 Å². The number of nitrogens with one attached hydrogen (secondary N) is 1. The molecule has 4 nitrogen and oxygen atoms in total. The fourth-order valence-electron chi connectivity index (χ4n) is 2.23. The van der Waals surface area contributed by atoms with Crippen LogP contribution in [0.1, 0.15) is 6.92 Å². The number of benzene rings is 1. The number of rotatable bonds is 5. The number of ether oxygens (including phenoxy) is 1. The fourth-order valence-corrected chi connectivity index (χ4v) is 2.87. The van der Waals surface area contributed by atoms with E-state index in [1.807, 2.05) is 35.7 Å². The molecule has 1 atom stereocenters. The molecular formula is C16H17N3OS. The predicted molar refractivity (Wildman–Crippen MR) is 87.8 cm³/mol. The fraction of sp³-hybridized carbons (Fsp3) is 0.250. The second kappa shape index (κ2) is 6.20. The summed E-state index contributed by atoms with van der Waals surface area (Å²) in [4.78, 5) is 9.35. The highest BCUT2D eigenvalue weighted by Gasteiger charge is 2.11. The third kappa shape index (κ3) is 3.04. The van der Waals surface area contributed by atoms with Crippen molar-refractivity contribution in [1.82, 2.24) is 9.97 Å². The molecule has 0 radical (unpaired) electrons. The van der Waals surface area contributed by atoms with Crippen molar-refractivity contribution >= 4 is 28.1 Å². The van der Waals surface area contributed by atoms with Crippen molar-refractivity contribution in [3.05, 3.63) is 41.1 Å². The minimum Gasteiger partial charge on any atom is -0.383 e. The number of hydrogen-bond donors (Lipinski definition) is 1. The summed E-state index contributed by atoms with van der Waals surface area (Å²) < 4.78 is 5.19. The second-order valence-corrected chi connectivity index (χ2v) is 5.71. The number of para-hydroxylation sites is 1. The molecule has 0 bridgehead atoms. The normalized spacial score (nSPS) is 12.5. The van der Waals surface area contributed by atoms with Crippen LogP contribution < -0.4 is 5.32 Å². The Hall–Kier alpha value is -1.98. The molecular weight excluding hydrogens is 282 g/mol. The lowest BCUT2D eigenvalue weighted by Crippen LogP contribution is -2.21. The van der Waals surface area contributed by atoms with Crippen LogP contribution in [0.15, 0.2) is 41.1 Å². The molecule has 21 heavy (non-hydrogen) atoms. The van der Waals surface area contributed by atoms with Crippen molar-refractivity contribution in [2.24, 2.45) is 0 Å². The highest BCUT2D eigenvalue weighted by Crippen LogP contribution is 2.26. The Labute approximate surface area is 127 Å². The lowest BCUT2D eigenvalue weighted by Gasteiger charge is -2.15. The average Bonchev–Trinajstić information content (AvgIpc) is 3.01. The van der Waals surface area contributed by atoms with Crippen LogP contribution in [0.25, 0.3) is 22.3 Å². The first-order valence-electron chi connectivity index (χ1n) is 6.83. The zero-order valence-corrected chi connectivity index (χ0v) is 12.9. The standard InChI is InChI=1S/C16H17N3OS/c1-11(9-20-2)17-16-13-5-3-4-6-14(13)18-15(19-16)12-7-8-21-10-12/h3-8,10-11H,9H2,1-2H3,(H,17,18,19)/t11-/m1/s1. The van der Waals surface area contributed by atoms with Crippen molar-refractivity contribution < 1.29 is 4.74 Å². The topological polar surface area (TPSA) is 47.0 Å². The van der Waals surface area contributed by atoms with Gasteiger partial charge in [0.1, 0.15) is 5.82 Å². The summed E-state index contributed by atoms with van der Waals surface area (Å²) in [5.74, 6) is 1.61. The maximum Gasteiger partial charge on any atom is 0.162 e. The summed E-state index contributed by atoms with van der Waals surface area (Å²) in [6, 6.07) is 10.3. The molecule has 2 aromatic heterocycles. The van der Waals surface area contributed by atoms with Gasteiger partial charge < -0.3 is 10.1 Å². The number of thiophene rings is 1. The molecule has 0 fully saturated rings. The van der Waals surface area contributed by atoms with E-state index in [1.165, 1.54) is 0 Å². The third-order valence-electron chi connectivity index (χ3n) is 3.18. The van der Waals surface area contributed by atoms with Crippen LogP contribution in [0.4, 0.5) is 5.82 Å². The Bertz CT molecular complexity index is 727. The van der Waals surface area contributed by atoms with Crippen molar-refractivity contribution in [2.45, 2.75) is 13.0 Å². The summed E-state index contributed by atoms with van der Waals surface area (Å²) in [5, 5.41) is 8.54. The van der Waals surface area contributed by atoms with Crippen LogP contribution in [0.2, 0.25) is 0 Å². The maximum absolute atomic E-state index is 5.19.